The summed E-state index contributed by atoms with van der Waals surface area (Å²) in [6.07, 6.45) is 7.75. The van der Waals surface area contributed by atoms with Crippen LogP contribution in [0.3, 0.4) is 0 Å². The van der Waals surface area contributed by atoms with Gasteiger partial charge in [0.15, 0.2) is 0 Å². The lowest BCUT2D eigenvalue weighted by Crippen LogP contribution is -2.34. The lowest BCUT2D eigenvalue weighted by Gasteiger charge is -2.27. The van der Waals surface area contributed by atoms with Crippen LogP contribution in [0.5, 0.6) is 0 Å². The lowest BCUT2D eigenvalue weighted by molar-refractivity contribution is 0.00449. The van der Waals surface area contributed by atoms with Gasteiger partial charge in [-0.25, -0.2) is 0 Å². The first-order valence-corrected chi connectivity index (χ1v) is 6.94. The Balaban J connectivity index is 2.00. The molecule has 1 fully saturated rings. The number of hydrogen-bond acceptors (Lipinski definition) is 4. The predicted molar refractivity (Wildman–Crippen MR) is 70.8 cm³/mol. The summed E-state index contributed by atoms with van der Waals surface area (Å²) in [6.45, 7) is 3.98. The highest BCUT2D eigenvalue weighted by atomic mass is 16.5. The van der Waals surface area contributed by atoms with Crippen molar-refractivity contribution in [3.05, 3.63) is 18.0 Å². The Morgan fingerprint density at radius 2 is 2.50 bits per heavy atom. The molecule has 2 unspecified atom stereocenters. The van der Waals surface area contributed by atoms with Gasteiger partial charge in [0, 0.05) is 19.3 Å². The Labute approximate surface area is 109 Å². The molecule has 3 N–H and O–H groups in total. The molecule has 5 heteroatoms. The number of nitrogens with zero attached hydrogens (tertiary/aromatic N) is 2. The molecule has 1 aliphatic rings. The molecule has 1 saturated heterocycles. The largest absolute Gasteiger partial charge is 0.378 e. The molecular weight excluding hydrogens is 228 g/mol. The molecule has 2 heterocycles. The number of rotatable bonds is 6. The van der Waals surface area contributed by atoms with Crippen LogP contribution in [-0.4, -0.2) is 22.5 Å². The highest BCUT2D eigenvalue weighted by molar-refractivity contribution is 5.07. The molecule has 0 amide bonds. The maximum atomic E-state index is 5.78. The predicted octanol–water partition coefficient (Wildman–Crippen LogP) is 1.76. The van der Waals surface area contributed by atoms with E-state index >= 15 is 0 Å². The van der Waals surface area contributed by atoms with Gasteiger partial charge in [0.1, 0.15) is 0 Å². The maximum absolute atomic E-state index is 5.78. The zero-order valence-electron chi connectivity index (χ0n) is 11.1. The quantitative estimate of drug-likeness (QED) is 0.598. The Hall–Kier alpha value is -0.910. The van der Waals surface area contributed by atoms with Crippen molar-refractivity contribution in [2.45, 2.75) is 57.7 Å². The minimum Gasteiger partial charge on any atom is -0.378 e. The van der Waals surface area contributed by atoms with Crippen LogP contribution in [0.1, 0.15) is 50.8 Å². The van der Waals surface area contributed by atoms with Gasteiger partial charge < -0.3 is 4.74 Å². The minimum absolute atomic E-state index is 0.127. The molecule has 18 heavy (non-hydrogen) atoms. The highest BCUT2D eigenvalue weighted by Gasteiger charge is 2.22. The Morgan fingerprint density at radius 1 is 1.61 bits per heavy atom. The number of hydrazine groups is 1. The molecule has 1 aromatic rings. The SMILES string of the molecule is CCCn1nccc1C(CC1CCCCO1)NN. The van der Waals surface area contributed by atoms with Gasteiger partial charge in [0.25, 0.3) is 0 Å². The third-order valence-corrected chi connectivity index (χ3v) is 3.52. The number of aromatic nitrogens is 2. The maximum Gasteiger partial charge on any atom is 0.0653 e. The van der Waals surface area contributed by atoms with Gasteiger partial charge in [-0.15, -0.1) is 0 Å². The highest BCUT2D eigenvalue weighted by Crippen LogP contribution is 2.24. The van der Waals surface area contributed by atoms with Crippen LogP contribution in [0.15, 0.2) is 12.3 Å². The summed E-state index contributed by atoms with van der Waals surface area (Å²) in [4.78, 5) is 0. The molecule has 0 saturated carbocycles. The normalized spacial score (nSPS) is 22.0. The summed E-state index contributed by atoms with van der Waals surface area (Å²) < 4.78 is 7.82. The molecule has 0 aromatic carbocycles. The molecular formula is C13H24N4O. The van der Waals surface area contributed by atoms with Crippen LogP contribution in [-0.2, 0) is 11.3 Å². The van der Waals surface area contributed by atoms with Crippen LogP contribution >= 0.6 is 0 Å². The van der Waals surface area contributed by atoms with E-state index in [1.165, 1.54) is 12.8 Å². The standard InChI is InChI=1S/C13H24N4O/c1-2-8-17-13(6-7-15-17)12(16-14)10-11-5-3-4-9-18-11/h6-7,11-12,16H,2-5,8-10,14H2,1H3. The van der Waals surface area contributed by atoms with E-state index in [-0.39, 0.29) is 6.04 Å². The van der Waals surface area contributed by atoms with Crippen LogP contribution < -0.4 is 11.3 Å². The zero-order valence-corrected chi connectivity index (χ0v) is 11.1. The van der Waals surface area contributed by atoms with E-state index in [4.69, 9.17) is 10.6 Å². The van der Waals surface area contributed by atoms with Gasteiger partial charge in [-0.1, -0.05) is 6.92 Å². The topological polar surface area (TPSA) is 65.1 Å². The Bertz CT molecular complexity index is 347. The molecule has 2 atom stereocenters. The summed E-state index contributed by atoms with van der Waals surface area (Å²) in [7, 11) is 0. The van der Waals surface area contributed by atoms with Crippen molar-refractivity contribution in [1.29, 1.82) is 0 Å². The molecule has 1 aromatic heterocycles. The first kappa shape index (κ1) is 13.5. The van der Waals surface area contributed by atoms with Gasteiger partial charge in [-0.2, -0.15) is 5.10 Å². The fourth-order valence-electron chi connectivity index (χ4n) is 2.57. The summed E-state index contributed by atoms with van der Waals surface area (Å²) in [5.74, 6) is 5.70. The smallest absolute Gasteiger partial charge is 0.0653 e. The summed E-state index contributed by atoms with van der Waals surface area (Å²) in [5, 5.41) is 4.35. The Morgan fingerprint density at radius 3 is 3.17 bits per heavy atom. The van der Waals surface area contributed by atoms with E-state index in [2.05, 4.69) is 17.4 Å². The number of nitrogens with two attached hydrogens (primary N) is 1. The minimum atomic E-state index is 0.127. The fraction of sp³-hybridized carbons (Fsp3) is 0.769. The van der Waals surface area contributed by atoms with E-state index in [0.717, 1.165) is 38.1 Å². The molecule has 2 rings (SSSR count). The average Bonchev–Trinajstić information content (AvgIpc) is 2.86. The van der Waals surface area contributed by atoms with E-state index in [1.807, 2.05) is 16.9 Å². The van der Waals surface area contributed by atoms with Crippen molar-refractivity contribution in [3.8, 4) is 0 Å². The third-order valence-electron chi connectivity index (χ3n) is 3.52. The van der Waals surface area contributed by atoms with Crippen LogP contribution in [0.2, 0.25) is 0 Å². The second-order valence-corrected chi connectivity index (χ2v) is 4.92. The summed E-state index contributed by atoms with van der Waals surface area (Å²) in [5.41, 5.74) is 4.07. The van der Waals surface area contributed by atoms with Crippen molar-refractivity contribution >= 4 is 0 Å². The second-order valence-electron chi connectivity index (χ2n) is 4.92. The molecule has 0 radical (unpaired) electrons. The summed E-state index contributed by atoms with van der Waals surface area (Å²) in [6, 6.07) is 2.17. The summed E-state index contributed by atoms with van der Waals surface area (Å²) >= 11 is 0. The van der Waals surface area contributed by atoms with Gasteiger partial charge in [-0.3, -0.25) is 16.0 Å². The number of nitrogens with one attached hydrogen (secondary N) is 1. The molecule has 0 bridgehead atoms. The average molecular weight is 252 g/mol. The number of aryl methyl sites for hydroxylation is 1. The van der Waals surface area contributed by atoms with E-state index in [0.29, 0.717) is 6.10 Å². The van der Waals surface area contributed by atoms with Gasteiger partial charge in [0.05, 0.1) is 17.8 Å². The van der Waals surface area contributed by atoms with Crippen molar-refractivity contribution in [2.24, 2.45) is 5.84 Å². The second kappa shape index (κ2) is 6.87. The van der Waals surface area contributed by atoms with Crippen molar-refractivity contribution in [1.82, 2.24) is 15.2 Å². The molecule has 102 valence electrons. The number of ether oxygens (including phenoxy) is 1. The lowest BCUT2D eigenvalue weighted by atomic mass is 10.0. The first-order chi connectivity index (χ1) is 8.85. The monoisotopic (exact) mass is 252 g/mol. The van der Waals surface area contributed by atoms with Crippen LogP contribution in [0.4, 0.5) is 0 Å². The Kier molecular flexibility index (Phi) is 5.16. The van der Waals surface area contributed by atoms with Crippen molar-refractivity contribution in [2.75, 3.05) is 6.61 Å². The number of hydrogen-bond donors (Lipinski definition) is 2. The van der Waals surface area contributed by atoms with Gasteiger partial charge in [-0.05, 0) is 38.2 Å². The van der Waals surface area contributed by atoms with Crippen LogP contribution in [0, 0.1) is 0 Å². The molecule has 1 aliphatic heterocycles. The van der Waals surface area contributed by atoms with Gasteiger partial charge >= 0.3 is 0 Å². The molecule has 0 spiro atoms. The first-order valence-electron chi connectivity index (χ1n) is 6.94. The van der Waals surface area contributed by atoms with E-state index in [9.17, 15) is 0 Å². The van der Waals surface area contributed by atoms with E-state index in [1.54, 1.807) is 0 Å². The molecule has 0 aliphatic carbocycles. The van der Waals surface area contributed by atoms with Crippen LogP contribution in [0.25, 0.3) is 0 Å². The third kappa shape index (κ3) is 3.31. The molecule has 5 nitrogen and oxygen atoms in total. The van der Waals surface area contributed by atoms with Gasteiger partial charge in [0.2, 0.25) is 0 Å². The van der Waals surface area contributed by atoms with Crippen molar-refractivity contribution in [3.63, 3.8) is 0 Å². The van der Waals surface area contributed by atoms with E-state index < -0.39 is 0 Å². The fourth-order valence-corrected chi connectivity index (χ4v) is 2.57. The zero-order chi connectivity index (χ0) is 12.8. The van der Waals surface area contributed by atoms with Crippen molar-refractivity contribution < 1.29 is 4.74 Å².